The Morgan fingerprint density at radius 2 is 1.59 bits per heavy atom. The summed E-state index contributed by atoms with van der Waals surface area (Å²) in [5, 5.41) is 3.30. The van der Waals surface area contributed by atoms with E-state index in [1.54, 1.807) is 0 Å². The summed E-state index contributed by atoms with van der Waals surface area (Å²) in [4.78, 5) is 16.9. The Morgan fingerprint density at radius 1 is 1.00 bits per heavy atom. The summed E-state index contributed by atoms with van der Waals surface area (Å²) in [6.45, 7) is 11.6. The maximum Gasteiger partial charge on any atom is 0.277 e. The van der Waals surface area contributed by atoms with Crippen LogP contribution < -0.4 is 5.32 Å². The van der Waals surface area contributed by atoms with E-state index in [-0.39, 0.29) is 0 Å². The number of fused-ring (bicyclic) bond motifs is 3. The van der Waals surface area contributed by atoms with E-state index >= 15 is 0 Å². The van der Waals surface area contributed by atoms with Crippen LogP contribution in [-0.2, 0) is 4.79 Å². The predicted molar refractivity (Wildman–Crippen MR) is 65.6 cm³/mol. The standard InChI is InChI=1S/C12H23N4O/c17-12(15-3-1-13-2-4-15)11-16-8-5-14(6-9-16)7-10-16/h13H,1-11H2/q+1. The summed E-state index contributed by atoms with van der Waals surface area (Å²) in [5.41, 5.74) is 0. The van der Waals surface area contributed by atoms with Gasteiger partial charge in [0.15, 0.2) is 6.54 Å². The fraction of sp³-hybridized carbons (Fsp3) is 0.917. The molecule has 5 heteroatoms. The number of amides is 1. The molecule has 0 aromatic carbocycles. The highest BCUT2D eigenvalue weighted by Crippen LogP contribution is 2.19. The van der Waals surface area contributed by atoms with Gasteiger partial charge >= 0.3 is 0 Å². The number of rotatable bonds is 2. The van der Waals surface area contributed by atoms with E-state index in [9.17, 15) is 4.79 Å². The summed E-state index contributed by atoms with van der Waals surface area (Å²) >= 11 is 0. The van der Waals surface area contributed by atoms with Crippen molar-refractivity contribution >= 4 is 5.91 Å². The molecule has 4 fully saturated rings. The van der Waals surface area contributed by atoms with Crippen LogP contribution in [0.4, 0.5) is 0 Å². The Balaban J connectivity index is 1.59. The summed E-state index contributed by atoms with van der Waals surface area (Å²) < 4.78 is 1.05. The Morgan fingerprint density at radius 3 is 2.18 bits per heavy atom. The lowest BCUT2D eigenvalue weighted by molar-refractivity contribution is -0.934. The maximum atomic E-state index is 12.3. The minimum atomic E-state index is 0.377. The molecule has 0 atom stereocenters. The minimum absolute atomic E-state index is 0.377. The molecule has 4 heterocycles. The van der Waals surface area contributed by atoms with Crippen LogP contribution in [0.15, 0.2) is 0 Å². The van der Waals surface area contributed by atoms with Crippen molar-refractivity contribution < 1.29 is 9.28 Å². The second-order valence-corrected chi connectivity index (χ2v) is 5.64. The number of quaternary nitrogens is 1. The highest BCUT2D eigenvalue weighted by molar-refractivity contribution is 5.77. The third kappa shape index (κ3) is 2.32. The molecule has 1 amide bonds. The molecule has 0 spiro atoms. The van der Waals surface area contributed by atoms with Gasteiger partial charge < -0.3 is 14.7 Å². The number of nitrogens with zero attached hydrogens (tertiary/aromatic N) is 3. The summed E-state index contributed by atoms with van der Waals surface area (Å²) in [6, 6.07) is 0. The van der Waals surface area contributed by atoms with Crippen LogP contribution in [0.25, 0.3) is 0 Å². The molecule has 0 aliphatic carbocycles. The highest BCUT2D eigenvalue weighted by Gasteiger charge is 2.40. The Labute approximate surface area is 103 Å². The van der Waals surface area contributed by atoms with Crippen molar-refractivity contribution in [1.29, 1.82) is 0 Å². The van der Waals surface area contributed by atoms with E-state index in [4.69, 9.17) is 0 Å². The van der Waals surface area contributed by atoms with Crippen molar-refractivity contribution in [2.75, 3.05) is 72.0 Å². The van der Waals surface area contributed by atoms with Gasteiger partial charge in [-0.3, -0.25) is 9.69 Å². The largest absolute Gasteiger partial charge is 0.335 e. The lowest BCUT2D eigenvalue weighted by atomic mass is 10.1. The average molecular weight is 239 g/mol. The molecule has 0 radical (unpaired) electrons. The number of hydrogen-bond acceptors (Lipinski definition) is 3. The van der Waals surface area contributed by atoms with E-state index in [0.717, 1.165) is 37.2 Å². The maximum absolute atomic E-state index is 12.3. The molecule has 4 saturated heterocycles. The van der Waals surface area contributed by atoms with E-state index in [0.29, 0.717) is 5.91 Å². The van der Waals surface area contributed by atoms with Crippen LogP contribution in [0.1, 0.15) is 0 Å². The predicted octanol–water partition coefficient (Wildman–Crippen LogP) is -1.44. The first kappa shape index (κ1) is 11.4. The molecule has 5 nitrogen and oxygen atoms in total. The monoisotopic (exact) mass is 239 g/mol. The van der Waals surface area contributed by atoms with Gasteiger partial charge in [0.25, 0.3) is 5.91 Å². The van der Waals surface area contributed by atoms with Crippen molar-refractivity contribution in [2.45, 2.75) is 0 Å². The second-order valence-electron chi connectivity index (χ2n) is 5.64. The van der Waals surface area contributed by atoms with E-state index in [1.807, 2.05) is 4.90 Å². The molecule has 4 aliphatic rings. The quantitative estimate of drug-likeness (QED) is 0.600. The first-order chi connectivity index (χ1) is 8.27. The van der Waals surface area contributed by atoms with Gasteiger partial charge in [0.1, 0.15) is 0 Å². The van der Waals surface area contributed by atoms with Gasteiger partial charge in [-0.25, -0.2) is 0 Å². The number of piperazine rings is 4. The molecule has 4 aliphatic heterocycles. The van der Waals surface area contributed by atoms with Gasteiger partial charge in [0.05, 0.1) is 19.6 Å². The highest BCUT2D eigenvalue weighted by atomic mass is 16.2. The fourth-order valence-corrected chi connectivity index (χ4v) is 3.27. The Hall–Kier alpha value is -0.650. The fourth-order valence-electron chi connectivity index (χ4n) is 3.27. The van der Waals surface area contributed by atoms with Gasteiger partial charge in [-0.1, -0.05) is 0 Å². The van der Waals surface area contributed by atoms with Crippen LogP contribution in [0, 0.1) is 0 Å². The smallest absolute Gasteiger partial charge is 0.277 e. The van der Waals surface area contributed by atoms with Crippen molar-refractivity contribution in [1.82, 2.24) is 15.1 Å². The molecular formula is C12H23N4O+. The second kappa shape index (κ2) is 4.55. The van der Waals surface area contributed by atoms with Crippen LogP contribution in [0.2, 0.25) is 0 Å². The lowest BCUT2D eigenvalue weighted by Gasteiger charge is -2.50. The van der Waals surface area contributed by atoms with E-state index < -0.39 is 0 Å². The van der Waals surface area contributed by atoms with Crippen molar-refractivity contribution in [2.24, 2.45) is 0 Å². The van der Waals surface area contributed by atoms with Crippen molar-refractivity contribution in [3.63, 3.8) is 0 Å². The Kier molecular flexibility index (Phi) is 3.06. The van der Waals surface area contributed by atoms with Crippen LogP contribution in [-0.4, -0.2) is 92.2 Å². The van der Waals surface area contributed by atoms with Crippen molar-refractivity contribution in [3.05, 3.63) is 0 Å². The molecule has 0 aromatic heterocycles. The molecule has 0 unspecified atom stereocenters. The molecular weight excluding hydrogens is 216 g/mol. The molecule has 17 heavy (non-hydrogen) atoms. The molecule has 4 rings (SSSR count). The third-order valence-corrected chi connectivity index (χ3v) is 4.61. The molecule has 1 N–H and O–H groups in total. The van der Waals surface area contributed by atoms with Crippen molar-refractivity contribution in [3.8, 4) is 0 Å². The van der Waals surface area contributed by atoms with Crippen LogP contribution in [0.3, 0.4) is 0 Å². The number of carbonyl (C=O) groups excluding carboxylic acids is 1. The summed E-state index contributed by atoms with van der Waals surface area (Å²) in [5.74, 6) is 0.377. The SMILES string of the molecule is O=C(C[N+]12CCN(CC1)CC2)N1CCNCC1. The number of hydrogen-bond donors (Lipinski definition) is 1. The zero-order valence-electron chi connectivity index (χ0n) is 10.5. The topological polar surface area (TPSA) is 35.6 Å². The summed E-state index contributed by atoms with van der Waals surface area (Å²) in [7, 11) is 0. The minimum Gasteiger partial charge on any atom is -0.335 e. The van der Waals surface area contributed by atoms with Crippen LogP contribution in [0.5, 0.6) is 0 Å². The Bertz CT molecular complexity index is 279. The molecule has 2 bridgehead atoms. The van der Waals surface area contributed by atoms with E-state index in [2.05, 4.69) is 10.2 Å². The van der Waals surface area contributed by atoms with Crippen LogP contribution >= 0.6 is 0 Å². The van der Waals surface area contributed by atoms with Gasteiger partial charge in [-0.15, -0.1) is 0 Å². The average Bonchev–Trinajstić information content (AvgIpc) is 2.41. The molecule has 0 aromatic rings. The number of nitrogens with one attached hydrogen (secondary N) is 1. The molecule has 0 saturated carbocycles. The van der Waals surface area contributed by atoms with Gasteiger partial charge in [0, 0.05) is 45.8 Å². The lowest BCUT2D eigenvalue weighted by Crippen LogP contribution is -2.69. The number of carbonyl (C=O) groups is 1. The van der Waals surface area contributed by atoms with Gasteiger partial charge in [-0.05, 0) is 0 Å². The molecule has 96 valence electrons. The zero-order valence-corrected chi connectivity index (χ0v) is 10.5. The van der Waals surface area contributed by atoms with Gasteiger partial charge in [-0.2, -0.15) is 0 Å². The zero-order chi connectivity index (χ0) is 11.7. The normalized spacial score (nSPS) is 37.2. The first-order valence-electron chi connectivity index (χ1n) is 6.83. The third-order valence-electron chi connectivity index (χ3n) is 4.61. The van der Waals surface area contributed by atoms with Gasteiger partial charge in [0.2, 0.25) is 0 Å². The summed E-state index contributed by atoms with van der Waals surface area (Å²) in [6.07, 6.45) is 0. The van der Waals surface area contributed by atoms with E-state index in [1.165, 1.54) is 39.3 Å². The first-order valence-corrected chi connectivity index (χ1v) is 6.83.